The number of rotatable bonds is 9. The lowest BCUT2D eigenvalue weighted by Gasteiger charge is -2.47. The van der Waals surface area contributed by atoms with Crippen molar-refractivity contribution in [3.63, 3.8) is 0 Å². The number of carboxylic acid groups (broad SMARTS) is 1. The Morgan fingerprint density at radius 3 is 2.32 bits per heavy atom. The minimum Gasteiger partial charge on any atom is -0.479 e. The number of carbonyl (C=O) groups excluding carboxylic acids is 1. The van der Waals surface area contributed by atoms with Crippen molar-refractivity contribution in [2.24, 2.45) is 0 Å². The van der Waals surface area contributed by atoms with Crippen molar-refractivity contribution in [3.8, 4) is 0 Å². The molecule has 0 aromatic carbocycles. The van der Waals surface area contributed by atoms with Crippen LogP contribution in [0.3, 0.4) is 0 Å². The molecule has 0 spiro atoms. The third-order valence-electron chi connectivity index (χ3n) is 5.21. The second-order valence-electron chi connectivity index (χ2n) is 7.44. The van der Waals surface area contributed by atoms with Crippen LogP contribution in [0.1, 0.15) is 13.8 Å². The van der Waals surface area contributed by atoms with E-state index in [0.29, 0.717) is 12.4 Å². The van der Waals surface area contributed by atoms with Crippen LogP contribution in [0.25, 0.3) is 0 Å². The summed E-state index contributed by atoms with van der Waals surface area (Å²) in [6.45, 7) is 3.26. The number of carboxylic acids is 1. The van der Waals surface area contributed by atoms with E-state index in [0.717, 1.165) is 0 Å². The predicted octanol–water partition coefficient (Wildman–Crippen LogP) is -2.48. The van der Waals surface area contributed by atoms with Crippen LogP contribution in [0.15, 0.2) is 0 Å². The Morgan fingerprint density at radius 2 is 1.77 bits per heavy atom. The maximum Gasteiger partial charge on any atom is 0.335 e. The molecule has 0 aliphatic carbocycles. The average molecular weight is 470 g/mol. The number of aliphatic carboxylic acids is 1. The van der Waals surface area contributed by atoms with Crippen LogP contribution in [-0.4, -0.2) is 120 Å². The first-order valence-electron chi connectivity index (χ1n) is 9.84. The molecule has 2 aliphatic rings. The smallest absolute Gasteiger partial charge is 0.335 e. The average Bonchev–Trinajstić information content (AvgIpc) is 2.70. The minimum absolute atomic E-state index is 0.0128. The SMILES string of the molecule is CO[C@@H]1C(C(=O)O)O[C@@H](O[C@@H]2C(NC(C)=O)[C@H](C)OC(COCCS)[C@H]2O)C(O)[C@H]1O. The second kappa shape index (κ2) is 11.7. The van der Waals surface area contributed by atoms with Gasteiger partial charge in [0.2, 0.25) is 5.91 Å². The highest BCUT2D eigenvalue weighted by atomic mass is 32.1. The van der Waals surface area contributed by atoms with Gasteiger partial charge in [0.25, 0.3) is 0 Å². The van der Waals surface area contributed by atoms with Crippen molar-refractivity contribution >= 4 is 24.5 Å². The lowest BCUT2D eigenvalue weighted by atomic mass is 9.92. The monoisotopic (exact) mass is 469 g/mol. The second-order valence-corrected chi connectivity index (χ2v) is 7.89. The molecule has 0 aromatic rings. The number of nitrogens with one attached hydrogen (secondary N) is 1. The zero-order valence-electron chi connectivity index (χ0n) is 17.5. The summed E-state index contributed by atoms with van der Waals surface area (Å²) in [7, 11) is 1.17. The largest absolute Gasteiger partial charge is 0.479 e. The van der Waals surface area contributed by atoms with Gasteiger partial charge >= 0.3 is 5.97 Å². The van der Waals surface area contributed by atoms with Crippen molar-refractivity contribution < 1.29 is 53.7 Å². The molecule has 180 valence electrons. The standard InChI is InChI=1S/C18H31NO11S/c1-7-10(19-8(2)20)14(11(21)9(28-7)6-27-4-5-31)29-18-13(23)12(22)15(26-3)16(30-18)17(24)25/h7,9-16,18,21-23,31H,4-6H2,1-3H3,(H,19,20)(H,24,25)/t7-,9?,10?,11+,12+,13?,14+,15-,16?,18+/m0/s1. The first kappa shape index (κ1) is 26.2. The fraction of sp³-hybridized carbons (Fsp3) is 0.889. The molecule has 0 bridgehead atoms. The van der Waals surface area contributed by atoms with E-state index in [9.17, 15) is 30.0 Å². The van der Waals surface area contributed by atoms with Crippen LogP contribution < -0.4 is 5.32 Å². The maximum atomic E-state index is 11.7. The summed E-state index contributed by atoms with van der Waals surface area (Å²) in [6, 6.07) is -0.856. The van der Waals surface area contributed by atoms with Gasteiger partial charge in [-0.25, -0.2) is 4.79 Å². The summed E-state index contributed by atoms with van der Waals surface area (Å²) in [4.78, 5) is 23.2. The Labute approximate surface area is 185 Å². The Hall–Kier alpha value is -1.03. The van der Waals surface area contributed by atoms with Crippen molar-refractivity contribution in [1.29, 1.82) is 0 Å². The van der Waals surface area contributed by atoms with E-state index in [4.69, 9.17) is 23.7 Å². The minimum atomic E-state index is -1.68. The fourth-order valence-corrected chi connectivity index (χ4v) is 3.83. The normalized spacial score (nSPS) is 41.0. The van der Waals surface area contributed by atoms with Gasteiger partial charge in [0.05, 0.1) is 25.4 Å². The van der Waals surface area contributed by atoms with Crippen LogP contribution in [0.2, 0.25) is 0 Å². The summed E-state index contributed by atoms with van der Waals surface area (Å²) in [6.07, 6.45) is -11.9. The molecule has 5 N–H and O–H groups in total. The van der Waals surface area contributed by atoms with E-state index in [1.54, 1.807) is 6.92 Å². The Bertz CT molecular complexity index is 611. The molecule has 2 fully saturated rings. The van der Waals surface area contributed by atoms with Crippen LogP contribution in [0.5, 0.6) is 0 Å². The topological polar surface area (TPSA) is 173 Å². The molecular weight excluding hydrogens is 438 g/mol. The third-order valence-corrected chi connectivity index (χ3v) is 5.39. The molecule has 2 saturated heterocycles. The van der Waals surface area contributed by atoms with Gasteiger partial charge in [0.15, 0.2) is 12.4 Å². The highest BCUT2D eigenvalue weighted by molar-refractivity contribution is 7.80. The number of methoxy groups -OCH3 is 1. The molecule has 13 heteroatoms. The van der Waals surface area contributed by atoms with E-state index in [2.05, 4.69) is 17.9 Å². The van der Waals surface area contributed by atoms with Crippen LogP contribution in [0.4, 0.5) is 0 Å². The van der Waals surface area contributed by atoms with E-state index >= 15 is 0 Å². The van der Waals surface area contributed by atoms with Gasteiger partial charge in [-0.2, -0.15) is 12.6 Å². The Balaban J connectivity index is 2.24. The van der Waals surface area contributed by atoms with Gasteiger partial charge in [0, 0.05) is 19.8 Å². The third kappa shape index (κ3) is 6.27. The van der Waals surface area contributed by atoms with Gasteiger partial charge in [-0.15, -0.1) is 0 Å². The number of thiol groups is 1. The molecular formula is C18H31NO11S. The Kier molecular flexibility index (Phi) is 9.92. The molecule has 31 heavy (non-hydrogen) atoms. The van der Waals surface area contributed by atoms with Gasteiger partial charge in [-0.3, -0.25) is 4.79 Å². The van der Waals surface area contributed by atoms with Gasteiger partial charge in [-0.05, 0) is 6.92 Å². The molecule has 0 radical (unpaired) electrons. The molecule has 2 rings (SSSR count). The molecule has 10 atom stereocenters. The van der Waals surface area contributed by atoms with Crippen LogP contribution >= 0.6 is 12.6 Å². The van der Waals surface area contributed by atoms with Crippen molar-refractivity contribution in [3.05, 3.63) is 0 Å². The number of carbonyl (C=O) groups is 2. The molecule has 0 saturated carbocycles. The molecule has 1 amide bonds. The van der Waals surface area contributed by atoms with E-state index < -0.39 is 73.0 Å². The molecule has 12 nitrogen and oxygen atoms in total. The van der Waals surface area contributed by atoms with E-state index in [1.165, 1.54) is 14.0 Å². The fourth-order valence-electron chi connectivity index (χ4n) is 3.70. The molecule has 0 aromatic heterocycles. The van der Waals surface area contributed by atoms with Crippen LogP contribution in [-0.2, 0) is 33.3 Å². The quantitative estimate of drug-likeness (QED) is 0.156. The molecule has 2 aliphatic heterocycles. The summed E-state index contributed by atoms with van der Waals surface area (Å²) in [5, 5.41) is 43.6. The van der Waals surface area contributed by atoms with Gasteiger partial charge in [-0.1, -0.05) is 0 Å². The van der Waals surface area contributed by atoms with Crippen molar-refractivity contribution in [2.75, 3.05) is 26.1 Å². The summed E-state index contributed by atoms with van der Waals surface area (Å²) >= 11 is 4.05. The van der Waals surface area contributed by atoms with Crippen molar-refractivity contribution in [2.45, 2.75) is 75.0 Å². The number of amides is 1. The summed E-state index contributed by atoms with van der Waals surface area (Å²) < 4.78 is 27.2. The predicted molar refractivity (Wildman–Crippen MR) is 107 cm³/mol. The van der Waals surface area contributed by atoms with E-state index in [-0.39, 0.29) is 6.61 Å². The van der Waals surface area contributed by atoms with Crippen LogP contribution in [0, 0.1) is 0 Å². The van der Waals surface area contributed by atoms with E-state index in [1.807, 2.05) is 0 Å². The lowest BCUT2D eigenvalue weighted by molar-refractivity contribution is -0.327. The molecule has 4 unspecified atom stereocenters. The number of hydrogen-bond donors (Lipinski definition) is 6. The number of ether oxygens (including phenoxy) is 5. The number of aliphatic hydroxyl groups is 3. The molecule has 2 heterocycles. The summed E-state index contributed by atoms with van der Waals surface area (Å²) in [5.74, 6) is -1.38. The Morgan fingerprint density at radius 1 is 1.10 bits per heavy atom. The first-order chi connectivity index (χ1) is 14.6. The maximum absolute atomic E-state index is 11.7. The van der Waals surface area contributed by atoms with Crippen molar-refractivity contribution in [1.82, 2.24) is 5.32 Å². The number of aliphatic hydroxyl groups excluding tert-OH is 3. The van der Waals surface area contributed by atoms with Gasteiger partial charge < -0.3 is 49.4 Å². The highest BCUT2D eigenvalue weighted by Gasteiger charge is 2.52. The first-order valence-corrected chi connectivity index (χ1v) is 10.5. The highest BCUT2D eigenvalue weighted by Crippen LogP contribution is 2.30. The lowest BCUT2D eigenvalue weighted by Crippen LogP contribution is -2.67. The zero-order valence-corrected chi connectivity index (χ0v) is 18.4. The van der Waals surface area contributed by atoms with Gasteiger partial charge in [0.1, 0.15) is 36.6 Å². The zero-order chi connectivity index (χ0) is 23.3. The number of hydrogen-bond acceptors (Lipinski definition) is 11. The summed E-state index contributed by atoms with van der Waals surface area (Å²) in [5.41, 5.74) is 0.